The van der Waals surface area contributed by atoms with Crippen molar-refractivity contribution in [1.29, 1.82) is 0 Å². The molecule has 1 amide bonds. The SMILES string of the molecule is O=C(/C=C/c1ccccc1Cl)NC1CCC(CN2[C@@H]3CC[C@H]2CC(c2c[nH]c4ccccc24)C3)CC1. The summed E-state index contributed by atoms with van der Waals surface area (Å²) in [7, 11) is 0. The lowest BCUT2D eigenvalue weighted by Crippen LogP contribution is -2.46. The van der Waals surface area contributed by atoms with Gasteiger partial charge in [-0.25, -0.2) is 0 Å². The minimum atomic E-state index is -0.0178. The molecule has 36 heavy (non-hydrogen) atoms. The van der Waals surface area contributed by atoms with Crippen LogP contribution in [-0.2, 0) is 4.79 Å². The van der Waals surface area contributed by atoms with Crippen molar-refractivity contribution in [3.8, 4) is 0 Å². The zero-order valence-corrected chi connectivity index (χ0v) is 21.6. The maximum Gasteiger partial charge on any atom is 0.244 e. The minimum absolute atomic E-state index is 0.0178. The summed E-state index contributed by atoms with van der Waals surface area (Å²) in [6.45, 7) is 1.24. The van der Waals surface area contributed by atoms with Crippen molar-refractivity contribution in [3.05, 3.63) is 77.0 Å². The van der Waals surface area contributed by atoms with Crippen molar-refractivity contribution in [2.75, 3.05) is 6.54 Å². The molecule has 2 N–H and O–H groups in total. The molecule has 6 rings (SSSR count). The molecular weight excluding hydrogens is 466 g/mol. The van der Waals surface area contributed by atoms with Crippen molar-refractivity contribution >= 4 is 34.5 Å². The topological polar surface area (TPSA) is 48.1 Å². The van der Waals surface area contributed by atoms with Crippen LogP contribution < -0.4 is 5.32 Å². The number of amides is 1. The number of hydrogen-bond acceptors (Lipinski definition) is 2. The van der Waals surface area contributed by atoms with Crippen LogP contribution >= 0.6 is 11.6 Å². The Balaban J connectivity index is 0.993. The molecule has 5 heteroatoms. The lowest BCUT2D eigenvalue weighted by atomic mass is 9.82. The van der Waals surface area contributed by atoms with E-state index < -0.39 is 0 Å². The van der Waals surface area contributed by atoms with E-state index in [-0.39, 0.29) is 11.9 Å². The van der Waals surface area contributed by atoms with Gasteiger partial charge in [-0.2, -0.15) is 0 Å². The largest absolute Gasteiger partial charge is 0.361 e. The monoisotopic (exact) mass is 501 g/mol. The fourth-order valence-corrected chi connectivity index (χ4v) is 7.27. The maximum atomic E-state index is 12.4. The third-order valence-corrected chi connectivity index (χ3v) is 9.27. The second-order valence-electron chi connectivity index (χ2n) is 11.1. The van der Waals surface area contributed by atoms with Gasteiger partial charge in [-0.1, -0.05) is 48.0 Å². The molecule has 1 aromatic heterocycles. The molecule has 0 radical (unpaired) electrons. The molecule has 3 fully saturated rings. The van der Waals surface area contributed by atoms with Crippen LogP contribution in [0.25, 0.3) is 17.0 Å². The summed E-state index contributed by atoms with van der Waals surface area (Å²) in [4.78, 5) is 18.8. The second-order valence-corrected chi connectivity index (χ2v) is 11.5. The fourth-order valence-electron chi connectivity index (χ4n) is 7.07. The molecule has 2 aromatic carbocycles. The van der Waals surface area contributed by atoms with Crippen LogP contribution in [0.2, 0.25) is 5.02 Å². The summed E-state index contributed by atoms with van der Waals surface area (Å²) in [5.41, 5.74) is 3.67. The molecule has 2 aliphatic heterocycles. The lowest BCUT2D eigenvalue weighted by molar-refractivity contribution is -0.117. The van der Waals surface area contributed by atoms with Crippen LogP contribution in [0.4, 0.5) is 0 Å². The summed E-state index contributed by atoms with van der Waals surface area (Å²) >= 11 is 6.19. The zero-order chi connectivity index (χ0) is 24.5. The minimum Gasteiger partial charge on any atom is -0.361 e. The molecule has 2 saturated heterocycles. The van der Waals surface area contributed by atoms with Gasteiger partial charge in [0.05, 0.1) is 0 Å². The number of piperidine rings is 1. The summed E-state index contributed by atoms with van der Waals surface area (Å²) < 4.78 is 0. The Kier molecular flexibility index (Phi) is 6.90. The molecule has 3 heterocycles. The fraction of sp³-hybridized carbons (Fsp3) is 0.452. The van der Waals surface area contributed by atoms with Gasteiger partial charge in [0, 0.05) is 52.9 Å². The van der Waals surface area contributed by atoms with Crippen LogP contribution in [0.15, 0.2) is 60.8 Å². The van der Waals surface area contributed by atoms with Crippen molar-refractivity contribution in [1.82, 2.24) is 15.2 Å². The third-order valence-electron chi connectivity index (χ3n) is 8.93. The number of nitrogens with one attached hydrogen (secondary N) is 2. The van der Waals surface area contributed by atoms with Gasteiger partial charge in [0.1, 0.15) is 0 Å². The van der Waals surface area contributed by atoms with Gasteiger partial charge < -0.3 is 10.3 Å². The number of H-pyrrole nitrogens is 1. The van der Waals surface area contributed by atoms with Gasteiger partial charge >= 0.3 is 0 Å². The van der Waals surface area contributed by atoms with Gasteiger partial charge in [-0.3, -0.25) is 9.69 Å². The molecule has 3 aromatic rings. The van der Waals surface area contributed by atoms with E-state index in [9.17, 15) is 4.79 Å². The lowest BCUT2D eigenvalue weighted by Gasteiger charge is -2.42. The Morgan fingerprint density at radius 2 is 1.69 bits per heavy atom. The summed E-state index contributed by atoms with van der Waals surface area (Å²) in [6, 6.07) is 18.1. The number of aromatic amines is 1. The molecule has 3 aliphatic rings. The normalized spacial score (nSPS) is 28.6. The first-order valence-electron chi connectivity index (χ1n) is 13.7. The van der Waals surface area contributed by atoms with Crippen molar-refractivity contribution < 1.29 is 4.79 Å². The van der Waals surface area contributed by atoms with Crippen LogP contribution in [0.3, 0.4) is 0 Å². The molecule has 1 aliphatic carbocycles. The number of aromatic nitrogens is 1. The number of rotatable bonds is 6. The van der Waals surface area contributed by atoms with Gasteiger partial charge in [-0.15, -0.1) is 0 Å². The Morgan fingerprint density at radius 1 is 0.972 bits per heavy atom. The number of para-hydroxylation sites is 1. The Labute approximate surface area is 219 Å². The maximum absolute atomic E-state index is 12.4. The molecule has 2 bridgehead atoms. The second kappa shape index (κ2) is 10.4. The number of hydrogen-bond donors (Lipinski definition) is 2. The smallest absolute Gasteiger partial charge is 0.244 e. The van der Waals surface area contributed by atoms with E-state index in [4.69, 9.17) is 11.6 Å². The highest BCUT2D eigenvalue weighted by Gasteiger charge is 2.42. The van der Waals surface area contributed by atoms with E-state index >= 15 is 0 Å². The molecule has 4 nitrogen and oxygen atoms in total. The van der Waals surface area contributed by atoms with E-state index in [0.29, 0.717) is 10.9 Å². The predicted molar refractivity (Wildman–Crippen MR) is 148 cm³/mol. The molecule has 1 saturated carbocycles. The van der Waals surface area contributed by atoms with Gasteiger partial charge in [0.25, 0.3) is 0 Å². The van der Waals surface area contributed by atoms with Gasteiger partial charge in [0.2, 0.25) is 5.91 Å². The number of benzene rings is 2. The predicted octanol–water partition coefficient (Wildman–Crippen LogP) is 6.92. The quantitative estimate of drug-likeness (QED) is 0.360. The highest BCUT2D eigenvalue weighted by Crippen LogP contribution is 2.45. The summed E-state index contributed by atoms with van der Waals surface area (Å²) in [5.74, 6) is 1.42. The molecule has 3 atom stereocenters. The average Bonchev–Trinajstić information content (AvgIpc) is 3.41. The molecule has 0 spiro atoms. The zero-order valence-electron chi connectivity index (χ0n) is 20.8. The van der Waals surface area contributed by atoms with Crippen LogP contribution in [0.1, 0.15) is 68.4 Å². The first kappa shape index (κ1) is 23.8. The first-order chi connectivity index (χ1) is 17.6. The van der Waals surface area contributed by atoms with E-state index in [2.05, 4.69) is 45.7 Å². The van der Waals surface area contributed by atoms with Gasteiger partial charge in [0.15, 0.2) is 0 Å². The first-order valence-corrected chi connectivity index (χ1v) is 14.1. The number of halogens is 1. The number of carbonyl (C=O) groups is 1. The van der Waals surface area contributed by atoms with Crippen LogP contribution in [0, 0.1) is 5.92 Å². The highest BCUT2D eigenvalue weighted by atomic mass is 35.5. The standard InChI is InChI=1S/C31H36ClN3O/c32-29-7-3-1-5-22(29)11-16-31(36)34-24-12-9-21(10-13-24)20-35-25-14-15-26(35)18-23(17-25)28-19-33-30-8-4-2-6-27(28)30/h1-8,11,16,19,21,23-26,33H,9-10,12-15,17-18,20H2,(H,34,36)/b16-11+/t21?,23?,24?,25-,26+. The Hall–Kier alpha value is -2.56. The van der Waals surface area contributed by atoms with Crippen molar-refractivity contribution in [2.24, 2.45) is 5.92 Å². The van der Waals surface area contributed by atoms with Crippen molar-refractivity contribution in [2.45, 2.75) is 75.4 Å². The molecule has 1 unspecified atom stereocenters. The Morgan fingerprint density at radius 3 is 2.47 bits per heavy atom. The number of carbonyl (C=O) groups excluding carboxylic acids is 1. The molecular formula is C31H36ClN3O. The summed E-state index contributed by atoms with van der Waals surface area (Å²) in [5, 5.41) is 5.30. The number of nitrogens with zero attached hydrogens (tertiary/aromatic N) is 1. The summed E-state index contributed by atoms with van der Waals surface area (Å²) in [6.07, 6.45) is 15.6. The van der Waals surface area contributed by atoms with E-state index in [1.807, 2.05) is 24.3 Å². The Bertz CT molecular complexity index is 1230. The van der Waals surface area contributed by atoms with E-state index in [0.717, 1.165) is 36.4 Å². The molecule has 188 valence electrons. The van der Waals surface area contributed by atoms with E-state index in [1.165, 1.54) is 61.5 Å². The van der Waals surface area contributed by atoms with Crippen LogP contribution in [0.5, 0.6) is 0 Å². The van der Waals surface area contributed by atoms with E-state index in [1.54, 1.807) is 12.2 Å². The number of fused-ring (bicyclic) bond motifs is 3. The van der Waals surface area contributed by atoms with Crippen LogP contribution in [-0.4, -0.2) is 40.5 Å². The third kappa shape index (κ3) is 4.99. The van der Waals surface area contributed by atoms with Crippen molar-refractivity contribution in [3.63, 3.8) is 0 Å². The average molecular weight is 502 g/mol. The highest BCUT2D eigenvalue weighted by molar-refractivity contribution is 6.32. The van der Waals surface area contributed by atoms with Gasteiger partial charge in [-0.05, 0) is 92.5 Å².